The molecule has 436 valence electrons. The minimum Gasteiger partial charge on any atom is -0.458 e. The molecule has 5 rings (SSSR count). The summed E-state index contributed by atoms with van der Waals surface area (Å²) < 4.78 is 28.4. The molecule has 0 unspecified atom stereocenters. The number of hydrogen-bond donors (Lipinski definition) is 0. The van der Waals surface area contributed by atoms with Crippen molar-refractivity contribution in [2.45, 2.75) is 303 Å². The number of rotatable bonds is 16. The highest BCUT2D eigenvalue weighted by atomic mass is 16.6. The molecule has 75 heavy (non-hydrogen) atoms. The average molecular weight is 1060 g/mol. The van der Waals surface area contributed by atoms with Gasteiger partial charge in [0, 0.05) is 0 Å². The van der Waals surface area contributed by atoms with Crippen LogP contribution in [0, 0.1) is 68.0 Å². The normalized spacial score (nSPS) is 25.5. The summed E-state index contributed by atoms with van der Waals surface area (Å²) in [4.78, 5) is 61.4. The predicted molar refractivity (Wildman–Crippen MR) is 304 cm³/mol. The van der Waals surface area contributed by atoms with Gasteiger partial charge in [-0.2, -0.15) is 0 Å². The van der Waals surface area contributed by atoms with Crippen LogP contribution in [0.2, 0.25) is 0 Å². The Morgan fingerprint density at radius 3 is 0.973 bits per heavy atom. The molecule has 0 spiro atoms. The lowest BCUT2D eigenvalue weighted by Gasteiger charge is -2.44. The molecule has 0 atom stereocenters. The molecule has 0 bridgehead atoms. The van der Waals surface area contributed by atoms with Crippen molar-refractivity contribution in [1.82, 2.24) is 0 Å². The quantitative estimate of drug-likeness (QED) is 0.109. The second kappa shape index (κ2) is 27.0. The number of ether oxygens (including phenoxy) is 5. The van der Waals surface area contributed by atoms with Crippen LogP contribution in [0.5, 0.6) is 0 Å². The maximum atomic E-state index is 12.7. The second-order valence-corrected chi connectivity index (χ2v) is 30.1. The maximum Gasteiger partial charge on any atom is 0.344 e. The molecule has 5 aliphatic carbocycles. The smallest absolute Gasteiger partial charge is 0.344 e. The first-order valence-corrected chi connectivity index (χ1v) is 30.4. The minimum atomic E-state index is -0.568. The molecule has 0 aromatic carbocycles. The van der Waals surface area contributed by atoms with E-state index < -0.39 is 22.4 Å². The van der Waals surface area contributed by atoms with Crippen molar-refractivity contribution in [3.8, 4) is 0 Å². The molecule has 0 aliphatic heterocycles. The number of hydrogen-bond acceptors (Lipinski definition) is 10. The third-order valence-corrected chi connectivity index (χ3v) is 20.2. The largest absolute Gasteiger partial charge is 0.458 e. The van der Waals surface area contributed by atoms with Crippen LogP contribution < -0.4 is 0 Å². The highest BCUT2D eigenvalue weighted by Crippen LogP contribution is 2.52. The third-order valence-electron chi connectivity index (χ3n) is 20.2. The third kappa shape index (κ3) is 19.3. The lowest BCUT2D eigenvalue weighted by molar-refractivity contribution is -0.179. The van der Waals surface area contributed by atoms with Gasteiger partial charge >= 0.3 is 29.8 Å². The summed E-state index contributed by atoms with van der Waals surface area (Å²) in [5.74, 6) is 2.21. The van der Waals surface area contributed by atoms with Gasteiger partial charge in [-0.1, -0.05) is 83.1 Å². The molecule has 5 saturated carbocycles. The molecule has 0 amide bonds. The first-order chi connectivity index (χ1) is 34.4. The molecule has 5 aliphatic rings. The van der Waals surface area contributed by atoms with Crippen molar-refractivity contribution in [1.29, 1.82) is 0 Å². The van der Waals surface area contributed by atoms with Crippen LogP contribution in [-0.2, 0) is 47.7 Å². The van der Waals surface area contributed by atoms with Gasteiger partial charge in [-0.3, -0.25) is 14.4 Å². The summed E-state index contributed by atoms with van der Waals surface area (Å²) >= 11 is 0. The van der Waals surface area contributed by atoms with Gasteiger partial charge in [0.25, 0.3) is 0 Å². The molecule has 0 aromatic heterocycles. The van der Waals surface area contributed by atoms with E-state index in [2.05, 4.69) is 69.2 Å². The average Bonchev–Trinajstić information content (AvgIpc) is 4.03. The standard InChI is InChI=1S/C23H40O4.C21H38O4.C21H38O2/c1-7-22(5,6)20(25)26-16-19(24)27-23(14-8-9-15-23)18-12-10-17(11-13-18)21(2,3)4;1-9-20(5,6)18(23)24-14-17(22)25-21(7,8)16-12-10-15(11-13-16)19(2,3)4;1-7-20(5,6)18(22)23-21(14-8-9-15-21)17-12-10-16(11-13-17)19(2,3)4/h17-18H,7-16H2,1-6H3;15-16H,9-14H2,1-8H3;16-17H,7-15H2,1-6H3. The lowest BCUT2D eigenvalue weighted by atomic mass is 9.66. The molecule has 10 heteroatoms. The van der Waals surface area contributed by atoms with Crippen molar-refractivity contribution < 1.29 is 47.7 Å². The lowest BCUT2D eigenvalue weighted by Crippen LogP contribution is -2.45. The number of carbonyl (C=O) groups excluding carboxylic acids is 5. The fraction of sp³-hybridized carbons (Fsp3) is 0.923. The van der Waals surface area contributed by atoms with E-state index in [1.807, 2.05) is 69.2 Å². The van der Waals surface area contributed by atoms with E-state index in [1.165, 1.54) is 64.2 Å². The zero-order valence-electron chi connectivity index (χ0n) is 52.2. The Balaban J connectivity index is 0.000000297. The van der Waals surface area contributed by atoms with Crippen molar-refractivity contribution in [3.63, 3.8) is 0 Å². The van der Waals surface area contributed by atoms with E-state index in [-0.39, 0.29) is 53.7 Å². The van der Waals surface area contributed by atoms with E-state index >= 15 is 0 Å². The summed E-state index contributed by atoms with van der Waals surface area (Å²) in [6.07, 6.45) is 25.2. The van der Waals surface area contributed by atoms with Gasteiger partial charge in [-0.25, -0.2) is 9.59 Å². The highest BCUT2D eigenvalue weighted by Gasteiger charge is 2.50. The van der Waals surface area contributed by atoms with E-state index in [9.17, 15) is 24.0 Å². The van der Waals surface area contributed by atoms with Crippen LogP contribution in [-0.4, -0.2) is 59.9 Å². The van der Waals surface area contributed by atoms with E-state index in [4.69, 9.17) is 23.7 Å². The number of esters is 5. The fourth-order valence-corrected chi connectivity index (χ4v) is 12.8. The van der Waals surface area contributed by atoms with Gasteiger partial charge in [-0.15, -0.1) is 0 Å². The van der Waals surface area contributed by atoms with Crippen molar-refractivity contribution in [3.05, 3.63) is 0 Å². The Hall–Kier alpha value is -2.65. The van der Waals surface area contributed by atoms with E-state index in [0.717, 1.165) is 88.4 Å². The Morgan fingerprint density at radius 2 is 0.653 bits per heavy atom. The van der Waals surface area contributed by atoms with Gasteiger partial charge in [0.1, 0.15) is 16.8 Å². The molecule has 5 fully saturated rings. The minimum absolute atomic E-state index is 0.0276. The second-order valence-electron chi connectivity index (χ2n) is 30.1. The zero-order valence-corrected chi connectivity index (χ0v) is 52.2. The fourth-order valence-electron chi connectivity index (χ4n) is 12.8. The SMILES string of the molecule is CCC(C)(C)C(=O)OC1(C2CCC(C(C)(C)C)CC2)CCCC1.CCC(C)(C)C(=O)OCC(=O)OC(C)(C)C1CCC(C(C)(C)C)CC1.CCC(C)(C)C(=O)OCC(=O)OC1(C2CCC(C(C)(C)C)CC2)CCCC1. The molecule has 0 heterocycles. The van der Waals surface area contributed by atoms with Gasteiger partial charge in [-0.05, 0) is 255 Å². The van der Waals surface area contributed by atoms with Crippen molar-refractivity contribution >= 4 is 29.8 Å². The van der Waals surface area contributed by atoms with Gasteiger partial charge in [0.15, 0.2) is 13.2 Å². The van der Waals surface area contributed by atoms with Crippen molar-refractivity contribution in [2.75, 3.05) is 13.2 Å². The van der Waals surface area contributed by atoms with E-state index in [1.54, 1.807) is 0 Å². The van der Waals surface area contributed by atoms with Crippen LogP contribution in [0.4, 0.5) is 0 Å². The first-order valence-electron chi connectivity index (χ1n) is 30.4. The number of carbonyl (C=O) groups is 5. The Bertz CT molecular complexity index is 1800. The molecule has 0 N–H and O–H groups in total. The Labute approximate surface area is 459 Å². The topological polar surface area (TPSA) is 132 Å². The monoisotopic (exact) mass is 1060 g/mol. The maximum absolute atomic E-state index is 12.7. The summed E-state index contributed by atoms with van der Waals surface area (Å²) in [6, 6.07) is 0. The molecule has 0 aromatic rings. The summed E-state index contributed by atoms with van der Waals surface area (Å²) in [6.45, 7) is 41.7. The van der Waals surface area contributed by atoms with E-state index in [0.29, 0.717) is 46.8 Å². The first kappa shape index (κ1) is 66.6. The summed E-state index contributed by atoms with van der Waals surface area (Å²) in [5, 5.41) is 0. The summed E-state index contributed by atoms with van der Waals surface area (Å²) in [7, 11) is 0. The molecule has 0 saturated heterocycles. The Kier molecular flexibility index (Phi) is 24.0. The highest BCUT2D eigenvalue weighted by molar-refractivity contribution is 5.80. The van der Waals surface area contributed by atoms with Crippen LogP contribution in [0.1, 0.15) is 286 Å². The zero-order chi connectivity index (χ0) is 57.1. The molecular weight excluding hydrogens is 941 g/mol. The Morgan fingerprint density at radius 1 is 0.373 bits per heavy atom. The van der Waals surface area contributed by atoms with Gasteiger partial charge < -0.3 is 23.7 Å². The van der Waals surface area contributed by atoms with Crippen LogP contribution in [0.3, 0.4) is 0 Å². The van der Waals surface area contributed by atoms with Gasteiger partial charge in [0.2, 0.25) is 0 Å². The molecular formula is C65H116O10. The summed E-state index contributed by atoms with van der Waals surface area (Å²) in [5.41, 5.74) is -1.37. The van der Waals surface area contributed by atoms with Gasteiger partial charge in [0.05, 0.1) is 16.2 Å². The van der Waals surface area contributed by atoms with Crippen LogP contribution in [0.25, 0.3) is 0 Å². The van der Waals surface area contributed by atoms with Crippen LogP contribution >= 0.6 is 0 Å². The molecule has 0 radical (unpaired) electrons. The van der Waals surface area contributed by atoms with Crippen LogP contribution in [0.15, 0.2) is 0 Å². The predicted octanol–water partition coefficient (Wildman–Crippen LogP) is 16.9. The van der Waals surface area contributed by atoms with Crippen molar-refractivity contribution in [2.24, 2.45) is 68.0 Å². The molecule has 10 nitrogen and oxygen atoms in total.